The fourth-order valence-electron chi connectivity index (χ4n) is 5.94. The van der Waals surface area contributed by atoms with E-state index in [2.05, 4.69) is 49.9 Å². The van der Waals surface area contributed by atoms with Gasteiger partial charge in [-0.2, -0.15) is 0 Å². The van der Waals surface area contributed by atoms with E-state index in [9.17, 15) is 10.2 Å². The molecular formula is C25H26O2. The Morgan fingerprint density at radius 2 is 1.89 bits per heavy atom. The summed E-state index contributed by atoms with van der Waals surface area (Å²) in [6.07, 6.45) is 3.42. The lowest BCUT2D eigenvalue weighted by atomic mass is 9.59. The number of phenols is 1. The number of aromatic hydroxyl groups is 1. The third kappa shape index (κ3) is 2.43. The Morgan fingerprint density at radius 3 is 2.67 bits per heavy atom. The van der Waals surface area contributed by atoms with Crippen molar-refractivity contribution in [3.63, 3.8) is 0 Å². The van der Waals surface area contributed by atoms with E-state index in [1.807, 2.05) is 6.07 Å². The monoisotopic (exact) mass is 358 g/mol. The minimum Gasteiger partial charge on any atom is -0.508 e. The number of benzene rings is 2. The number of rotatable bonds is 1. The summed E-state index contributed by atoms with van der Waals surface area (Å²) < 4.78 is 0. The van der Waals surface area contributed by atoms with Crippen LogP contribution in [0, 0.1) is 11.3 Å². The number of phenolic OH excluding ortho intramolecular Hbond substituents is 1. The highest BCUT2D eigenvalue weighted by molar-refractivity contribution is 5.78. The Balaban J connectivity index is 1.75. The molecule has 2 heteroatoms. The topological polar surface area (TPSA) is 40.5 Å². The maximum atomic E-state index is 10.6. The Kier molecular flexibility index (Phi) is 3.64. The summed E-state index contributed by atoms with van der Waals surface area (Å²) >= 11 is 0. The zero-order chi connectivity index (χ0) is 18.8. The molecule has 2 nitrogen and oxygen atoms in total. The zero-order valence-corrected chi connectivity index (χ0v) is 15.8. The van der Waals surface area contributed by atoms with Crippen molar-refractivity contribution >= 4 is 5.57 Å². The van der Waals surface area contributed by atoms with Crippen LogP contribution in [-0.2, 0) is 6.42 Å². The molecule has 5 rings (SSSR count). The Morgan fingerprint density at radius 1 is 1.11 bits per heavy atom. The van der Waals surface area contributed by atoms with Crippen molar-refractivity contribution in [2.24, 2.45) is 11.3 Å². The van der Waals surface area contributed by atoms with Crippen molar-refractivity contribution in [2.75, 3.05) is 0 Å². The van der Waals surface area contributed by atoms with Gasteiger partial charge in [-0.1, -0.05) is 55.5 Å². The summed E-state index contributed by atoms with van der Waals surface area (Å²) in [5.41, 5.74) is 7.81. The van der Waals surface area contributed by atoms with Gasteiger partial charge in [0, 0.05) is 11.8 Å². The van der Waals surface area contributed by atoms with Gasteiger partial charge in [0.25, 0.3) is 0 Å². The van der Waals surface area contributed by atoms with Gasteiger partial charge in [0.2, 0.25) is 0 Å². The lowest BCUT2D eigenvalue weighted by molar-refractivity contribution is 0.167. The fourth-order valence-corrected chi connectivity index (χ4v) is 5.94. The van der Waals surface area contributed by atoms with Crippen LogP contribution >= 0.6 is 0 Å². The lowest BCUT2D eigenvalue weighted by Gasteiger charge is -2.45. The smallest absolute Gasteiger partial charge is 0.115 e. The molecule has 1 fully saturated rings. The molecule has 0 amide bonds. The molecule has 0 radical (unpaired) electrons. The first-order valence-electron chi connectivity index (χ1n) is 9.95. The van der Waals surface area contributed by atoms with Gasteiger partial charge in [0.15, 0.2) is 0 Å². The van der Waals surface area contributed by atoms with Crippen molar-refractivity contribution in [2.45, 2.75) is 44.6 Å². The van der Waals surface area contributed by atoms with Crippen LogP contribution in [-0.4, -0.2) is 16.3 Å². The number of allylic oxidation sites excluding steroid dienone is 2. The highest BCUT2D eigenvalue weighted by atomic mass is 16.3. The van der Waals surface area contributed by atoms with E-state index in [1.165, 1.54) is 27.8 Å². The Labute approximate surface area is 160 Å². The second-order valence-corrected chi connectivity index (χ2v) is 8.82. The third-order valence-electron chi connectivity index (χ3n) is 7.18. The van der Waals surface area contributed by atoms with E-state index in [0.29, 0.717) is 5.75 Å². The van der Waals surface area contributed by atoms with Crippen LogP contribution < -0.4 is 0 Å². The largest absolute Gasteiger partial charge is 0.508 e. The first-order chi connectivity index (χ1) is 13.0. The average Bonchev–Trinajstić information content (AvgIpc) is 2.90. The molecule has 2 aromatic rings. The number of hydrogen-bond acceptors (Lipinski definition) is 2. The first kappa shape index (κ1) is 16.8. The summed E-state index contributed by atoms with van der Waals surface area (Å²) in [5, 5.41) is 20.7. The molecule has 3 aliphatic rings. The molecule has 0 aromatic heterocycles. The minimum absolute atomic E-state index is 0.0940. The number of aliphatic hydroxyl groups excluding tert-OH is 1. The fraction of sp³-hybridized carbons (Fsp3) is 0.360. The van der Waals surface area contributed by atoms with Crippen LogP contribution in [0.3, 0.4) is 0 Å². The number of aliphatic hydroxyl groups is 1. The SMILES string of the molecule is C=C1[C@H]2C3=C(CC[C@]2(C)C[C@H]1O)c1ccc(O)cc1C[C@H]3c1ccccc1. The molecular weight excluding hydrogens is 332 g/mol. The molecule has 0 spiro atoms. The number of fused-ring (bicyclic) bond motifs is 4. The van der Waals surface area contributed by atoms with Gasteiger partial charge in [-0.3, -0.25) is 0 Å². The van der Waals surface area contributed by atoms with Gasteiger partial charge in [-0.15, -0.1) is 0 Å². The first-order valence-corrected chi connectivity index (χ1v) is 9.95. The van der Waals surface area contributed by atoms with E-state index in [-0.39, 0.29) is 17.3 Å². The van der Waals surface area contributed by atoms with Gasteiger partial charge in [0.05, 0.1) is 6.10 Å². The van der Waals surface area contributed by atoms with E-state index in [4.69, 9.17) is 0 Å². The van der Waals surface area contributed by atoms with Crippen LogP contribution in [0.25, 0.3) is 5.57 Å². The van der Waals surface area contributed by atoms with Crippen molar-refractivity contribution in [1.29, 1.82) is 0 Å². The van der Waals surface area contributed by atoms with E-state index < -0.39 is 6.10 Å². The second-order valence-electron chi connectivity index (χ2n) is 8.82. The normalized spacial score (nSPS) is 32.1. The maximum absolute atomic E-state index is 10.6. The summed E-state index contributed by atoms with van der Waals surface area (Å²) in [5.74, 6) is 0.858. The van der Waals surface area contributed by atoms with Crippen LogP contribution in [0.4, 0.5) is 0 Å². The standard InChI is InChI=1S/C25H26O2/c1-15-22(27)14-25(2)11-10-20-19-9-8-18(26)12-17(19)13-21(23(20)24(15)25)16-6-4-3-5-7-16/h3-9,12,21-22,24,26-27H,1,10-11,13-14H2,2H3/t21-,22+,24-,25+/m0/s1. The molecule has 27 heavy (non-hydrogen) atoms. The maximum Gasteiger partial charge on any atom is 0.115 e. The Bertz CT molecular complexity index is 956. The Hall–Kier alpha value is -2.32. The second kappa shape index (κ2) is 5.84. The quantitative estimate of drug-likeness (QED) is 0.686. The van der Waals surface area contributed by atoms with Gasteiger partial charge in [0.1, 0.15) is 5.75 Å². The molecule has 0 heterocycles. The molecule has 2 N–H and O–H groups in total. The molecule has 2 aromatic carbocycles. The third-order valence-corrected chi connectivity index (χ3v) is 7.18. The van der Waals surface area contributed by atoms with E-state index in [0.717, 1.165) is 31.3 Å². The van der Waals surface area contributed by atoms with Gasteiger partial charge in [-0.05, 0) is 71.1 Å². The van der Waals surface area contributed by atoms with E-state index >= 15 is 0 Å². The summed E-state index contributed by atoms with van der Waals surface area (Å²) in [4.78, 5) is 0. The van der Waals surface area contributed by atoms with Crippen molar-refractivity contribution < 1.29 is 10.2 Å². The highest BCUT2D eigenvalue weighted by Gasteiger charge is 2.52. The van der Waals surface area contributed by atoms with Crippen molar-refractivity contribution in [1.82, 2.24) is 0 Å². The van der Waals surface area contributed by atoms with Crippen LogP contribution in [0.15, 0.2) is 66.3 Å². The molecule has 1 saturated carbocycles. The van der Waals surface area contributed by atoms with E-state index in [1.54, 1.807) is 6.07 Å². The molecule has 0 bridgehead atoms. The summed E-state index contributed by atoms with van der Waals surface area (Å²) in [6, 6.07) is 16.5. The predicted octanol–water partition coefficient (Wildman–Crippen LogP) is 5.22. The molecule has 138 valence electrons. The highest BCUT2D eigenvalue weighted by Crippen LogP contribution is 2.62. The molecule has 0 unspecified atom stereocenters. The van der Waals surface area contributed by atoms with Gasteiger partial charge >= 0.3 is 0 Å². The van der Waals surface area contributed by atoms with Crippen molar-refractivity contribution in [3.05, 3.63) is 82.9 Å². The van der Waals surface area contributed by atoms with Gasteiger partial charge < -0.3 is 10.2 Å². The minimum atomic E-state index is -0.399. The van der Waals surface area contributed by atoms with Crippen molar-refractivity contribution in [3.8, 4) is 5.75 Å². The summed E-state index contributed by atoms with van der Waals surface area (Å²) in [6.45, 7) is 6.66. The molecule has 0 saturated heterocycles. The average molecular weight is 358 g/mol. The molecule has 3 aliphatic carbocycles. The number of hydrogen-bond donors (Lipinski definition) is 2. The summed E-state index contributed by atoms with van der Waals surface area (Å²) in [7, 11) is 0. The van der Waals surface area contributed by atoms with Crippen LogP contribution in [0.2, 0.25) is 0 Å². The molecule has 0 aliphatic heterocycles. The lowest BCUT2D eigenvalue weighted by Crippen LogP contribution is -2.33. The predicted molar refractivity (Wildman–Crippen MR) is 109 cm³/mol. The molecule has 4 atom stereocenters. The zero-order valence-electron chi connectivity index (χ0n) is 15.8. The van der Waals surface area contributed by atoms with Crippen LogP contribution in [0.5, 0.6) is 5.75 Å². The van der Waals surface area contributed by atoms with Crippen LogP contribution in [0.1, 0.15) is 48.8 Å². The van der Waals surface area contributed by atoms with Gasteiger partial charge in [-0.25, -0.2) is 0 Å².